The topological polar surface area (TPSA) is 49.8 Å². The molecule has 4 nitrogen and oxygen atoms in total. The maximum Gasteiger partial charge on any atom is 0.331 e. The maximum atomic E-state index is 6.96. The molecule has 0 aliphatic carbocycles. The average molecular weight is 366 g/mol. The van der Waals surface area contributed by atoms with E-state index in [0.717, 1.165) is 14.7 Å². The fourth-order valence-electron chi connectivity index (χ4n) is 2.27. The van der Waals surface area contributed by atoms with Crippen LogP contribution in [0.1, 0.15) is 18.1 Å². The van der Waals surface area contributed by atoms with Gasteiger partial charge in [0.1, 0.15) is 5.60 Å². The van der Waals surface area contributed by atoms with Crippen molar-refractivity contribution in [3.8, 4) is 0 Å². The third-order valence-corrected chi connectivity index (χ3v) is 7.06. The molecule has 96 valence electrons. The smallest absolute Gasteiger partial charge is 0.268 e. The zero-order valence-corrected chi connectivity index (χ0v) is 12.5. The molecule has 1 aliphatic rings. The molecule has 19 heavy (non-hydrogen) atoms. The van der Waals surface area contributed by atoms with E-state index in [1.54, 1.807) is 0 Å². The fraction of sp³-hybridized carbons (Fsp3) is 0.143. The van der Waals surface area contributed by atoms with Crippen LogP contribution in [0.4, 0.5) is 0 Å². The quantitative estimate of drug-likeness (QED) is 0.440. The van der Waals surface area contributed by atoms with Gasteiger partial charge in [0.05, 0.1) is 3.57 Å². The summed E-state index contributed by atoms with van der Waals surface area (Å²) in [5.41, 5.74) is 8.75. The Hall–Kier alpha value is -1.56. The minimum absolute atomic E-state index is 0.475. The molecule has 3 rings (SSSR count). The van der Waals surface area contributed by atoms with E-state index in [4.69, 9.17) is 8.60 Å². The van der Waals surface area contributed by atoms with E-state index in [2.05, 4.69) is 33.4 Å². The number of hydrogen-bond acceptors (Lipinski definition) is 3. The number of benzene rings is 2. The van der Waals surface area contributed by atoms with Crippen LogP contribution in [-0.2, 0) is 8.67 Å². The molecule has 0 amide bonds. The Morgan fingerprint density at radius 1 is 1.11 bits per heavy atom. The summed E-state index contributed by atoms with van der Waals surface area (Å²) >= 11 is -2.19. The van der Waals surface area contributed by atoms with E-state index < -0.39 is 25.5 Å². The summed E-state index contributed by atoms with van der Waals surface area (Å²) < 4.78 is 11.4. The molecule has 1 aliphatic heterocycles. The van der Waals surface area contributed by atoms with E-state index in [0.29, 0.717) is 0 Å². The number of hydrogen-bond donors (Lipinski definition) is 1. The molecule has 1 unspecified atom stereocenters. The molecule has 1 atom stereocenters. The first-order chi connectivity index (χ1) is 9.25. The predicted octanol–water partition coefficient (Wildman–Crippen LogP) is 4.81. The first-order valence-corrected chi connectivity index (χ1v) is 8.80. The van der Waals surface area contributed by atoms with Crippen LogP contribution >= 0.6 is 19.9 Å². The van der Waals surface area contributed by atoms with Gasteiger partial charge in [0, 0.05) is 11.1 Å². The highest BCUT2D eigenvalue weighted by Crippen LogP contribution is 2.54. The Bertz CT molecular complexity index is 717. The van der Waals surface area contributed by atoms with Crippen molar-refractivity contribution in [2.75, 3.05) is 0 Å². The van der Waals surface area contributed by atoms with Crippen LogP contribution in [0.15, 0.2) is 59.8 Å². The second kappa shape index (κ2) is 4.85. The van der Waals surface area contributed by atoms with E-state index in [1.807, 2.05) is 36.4 Å². The van der Waals surface area contributed by atoms with Crippen molar-refractivity contribution in [3.63, 3.8) is 0 Å². The largest absolute Gasteiger partial charge is 0.331 e. The van der Waals surface area contributed by atoms with E-state index in [9.17, 15) is 0 Å². The minimum atomic E-state index is -2.19. The van der Waals surface area contributed by atoms with Gasteiger partial charge in [0.15, 0.2) is 0 Å². The van der Waals surface area contributed by atoms with Crippen LogP contribution in [-0.4, -0.2) is 0 Å². The molecule has 2 aromatic carbocycles. The molecule has 1 N–H and O–H groups in total. The molecule has 0 saturated heterocycles. The molecular weight excluding hydrogens is 353 g/mol. The third kappa shape index (κ3) is 2.00. The van der Waals surface area contributed by atoms with Gasteiger partial charge >= 0.3 is 19.9 Å². The van der Waals surface area contributed by atoms with Crippen LogP contribution < -0.4 is 0 Å². The molecular formula is C14H13IN3O+. The number of fused-ring (bicyclic) bond motifs is 1. The van der Waals surface area contributed by atoms with E-state index >= 15 is 0 Å². The first-order valence-electron chi connectivity index (χ1n) is 5.88. The van der Waals surface area contributed by atoms with Gasteiger partial charge in [-0.05, 0) is 21.6 Å². The lowest BCUT2D eigenvalue weighted by Gasteiger charge is -2.23. The van der Waals surface area contributed by atoms with E-state index in [-0.39, 0.29) is 0 Å². The summed E-state index contributed by atoms with van der Waals surface area (Å²) in [4.78, 5) is 0. The van der Waals surface area contributed by atoms with Crippen molar-refractivity contribution in [1.29, 1.82) is 5.53 Å². The number of halogens is 1. The van der Waals surface area contributed by atoms with Gasteiger partial charge in [-0.1, -0.05) is 48.5 Å². The van der Waals surface area contributed by atoms with Crippen molar-refractivity contribution < 1.29 is 3.07 Å². The summed E-state index contributed by atoms with van der Waals surface area (Å²) in [6.45, 7) is 2.07. The van der Waals surface area contributed by atoms with Gasteiger partial charge in [0.2, 0.25) is 5.22 Å². The van der Waals surface area contributed by atoms with Crippen LogP contribution in [0.25, 0.3) is 3.07 Å². The SMILES string of the molecule is CC1(c2ccccc2)OI(#[N+]N=N)c2ccccc21. The summed E-state index contributed by atoms with van der Waals surface area (Å²) in [5.74, 6) is 0. The lowest BCUT2D eigenvalue weighted by Crippen LogP contribution is -2.21. The average Bonchev–Trinajstić information content (AvgIpc) is 2.75. The minimum Gasteiger partial charge on any atom is -0.268 e. The first kappa shape index (κ1) is 12.5. The monoisotopic (exact) mass is 366 g/mol. The predicted molar refractivity (Wildman–Crippen MR) is 81.6 cm³/mol. The molecule has 5 heteroatoms. The number of rotatable bonds is 1. The highest BCUT2D eigenvalue weighted by Gasteiger charge is 2.43. The summed E-state index contributed by atoms with van der Waals surface area (Å²) in [7, 11) is 0. The van der Waals surface area contributed by atoms with Crippen LogP contribution in [0.5, 0.6) is 0 Å². The number of nitrogens with one attached hydrogen (secondary N) is 1. The zero-order valence-electron chi connectivity index (χ0n) is 10.4. The lowest BCUT2D eigenvalue weighted by atomic mass is 9.88. The third-order valence-electron chi connectivity index (χ3n) is 3.22. The molecule has 0 bridgehead atoms. The molecule has 0 saturated carbocycles. The molecule has 0 aromatic heterocycles. The molecule has 0 fully saturated rings. The Kier molecular flexibility index (Phi) is 3.18. The van der Waals surface area contributed by atoms with Crippen LogP contribution in [0.3, 0.4) is 0 Å². The Balaban J connectivity index is 2.24. The van der Waals surface area contributed by atoms with Crippen molar-refractivity contribution in [1.82, 2.24) is 0 Å². The number of nitrogens with zero attached hydrogens (tertiary/aromatic N) is 2. The summed E-state index contributed by atoms with van der Waals surface area (Å²) in [6, 6.07) is 18.3. The highest BCUT2D eigenvalue weighted by atomic mass is 127. The Labute approximate surface area is 118 Å². The van der Waals surface area contributed by atoms with E-state index in [1.165, 1.54) is 0 Å². The van der Waals surface area contributed by atoms with Crippen molar-refractivity contribution in [2.45, 2.75) is 12.5 Å². The van der Waals surface area contributed by atoms with Crippen molar-refractivity contribution >= 4 is 19.9 Å². The van der Waals surface area contributed by atoms with Gasteiger partial charge in [-0.15, -0.1) is 0 Å². The maximum absolute atomic E-state index is 6.96. The van der Waals surface area contributed by atoms with Crippen molar-refractivity contribution in [2.24, 2.45) is 5.22 Å². The summed E-state index contributed by atoms with van der Waals surface area (Å²) in [6.07, 6.45) is 0. The highest BCUT2D eigenvalue weighted by molar-refractivity contribution is 14.2. The van der Waals surface area contributed by atoms with Gasteiger partial charge in [-0.25, -0.2) is 0 Å². The summed E-state index contributed by atoms with van der Waals surface area (Å²) in [5, 5.41) is 3.20. The van der Waals surface area contributed by atoms with Gasteiger partial charge in [-0.2, -0.15) is 0 Å². The second-order valence-electron chi connectivity index (χ2n) is 4.36. The molecule has 2 aromatic rings. The molecule has 0 radical (unpaired) electrons. The van der Waals surface area contributed by atoms with Crippen molar-refractivity contribution in [3.05, 3.63) is 72.4 Å². The normalized spacial score (nSPS) is 21.7. The zero-order chi connectivity index (χ0) is 13.3. The second-order valence-corrected chi connectivity index (χ2v) is 7.71. The van der Waals surface area contributed by atoms with Gasteiger partial charge in [-0.3, -0.25) is 3.07 Å². The Morgan fingerprint density at radius 2 is 1.79 bits per heavy atom. The molecule has 0 spiro atoms. The Morgan fingerprint density at radius 3 is 2.53 bits per heavy atom. The van der Waals surface area contributed by atoms with Gasteiger partial charge < -0.3 is 0 Å². The van der Waals surface area contributed by atoms with Gasteiger partial charge in [0.25, 0.3) is 0 Å². The molecule has 1 heterocycles. The standard InChI is InChI=1S/C14H13IN3O/c1-14(11-7-3-2-4-8-11)12-9-5-6-10-13(12)15(19-14)17-18-16/h2-10,16H,1H3/q+1. The lowest BCUT2D eigenvalue weighted by molar-refractivity contribution is 0.208. The van der Waals surface area contributed by atoms with Crippen LogP contribution in [0, 0.1) is 9.10 Å². The van der Waals surface area contributed by atoms with Crippen LogP contribution in [0.2, 0.25) is 0 Å². The fourth-order valence-corrected chi connectivity index (χ4v) is 6.05.